The number of nitrogens with zero attached hydrogens (tertiary/aromatic N) is 1. The Kier molecular flexibility index (Phi) is 5.21. The van der Waals surface area contributed by atoms with Gasteiger partial charge in [0.25, 0.3) is 11.8 Å². The summed E-state index contributed by atoms with van der Waals surface area (Å²) in [5, 5.41) is 0. The molecule has 1 heterocycles. The van der Waals surface area contributed by atoms with Crippen LogP contribution in [0.3, 0.4) is 0 Å². The summed E-state index contributed by atoms with van der Waals surface area (Å²) in [4.78, 5) is 37.9. The summed E-state index contributed by atoms with van der Waals surface area (Å²) < 4.78 is 71.3. The van der Waals surface area contributed by atoms with Gasteiger partial charge in [-0.1, -0.05) is 24.3 Å². The highest BCUT2D eigenvalue weighted by Crippen LogP contribution is 2.30. The number of esters is 1. The van der Waals surface area contributed by atoms with Crippen molar-refractivity contribution < 1.29 is 41.1 Å². The maximum atomic E-state index is 13.7. The first kappa shape index (κ1) is 21.2. The molecule has 0 saturated carbocycles. The number of imide groups is 1. The van der Waals surface area contributed by atoms with Crippen molar-refractivity contribution in [1.82, 2.24) is 4.90 Å². The van der Waals surface area contributed by atoms with Gasteiger partial charge in [0.1, 0.15) is 0 Å². The van der Waals surface area contributed by atoms with Crippen LogP contribution in [0.5, 0.6) is 5.75 Å². The van der Waals surface area contributed by atoms with Gasteiger partial charge in [0, 0.05) is 0 Å². The molecule has 0 aromatic heterocycles. The summed E-state index contributed by atoms with van der Waals surface area (Å²) in [6.07, 6.45) is 0. The van der Waals surface area contributed by atoms with Crippen LogP contribution in [0.15, 0.2) is 48.5 Å². The Labute approximate surface area is 176 Å². The second-order valence-corrected chi connectivity index (χ2v) is 6.73. The van der Waals surface area contributed by atoms with Crippen molar-refractivity contribution in [3.63, 3.8) is 0 Å². The lowest BCUT2D eigenvalue weighted by Gasteiger charge is -2.14. The van der Waals surface area contributed by atoms with Crippen molar-refractivity contribution in [3.05, 3.63) is 99.9 Å². The first-order valence-electron chi connectivity index (χ1n) is 8.98. The molecule has 3 aromatic carbocycles. The fraction of sp³-hybridized carbons (Fsp3) is 0.0455. The van der Waals surface area contributed by atoms with E-state index in [9.17, 15) is 36.3 Å². The number of rotatable bonds is 4. The minimum atomic E-state index is -2.38. The molecule has 1 aliphatic heterocycles. The lowest BCUT2D eigenvalue weighted by molar-refractivity contribution is 0.0639. The number of hydrogen-bond acceptors (Lipinski definition) is 4. The topological polar surface area (TPSA) is 63.7 Å². The van der Waals surface area contributed by atoms with Crippen LogP contribution in [0, 0.1) is 29.1 Å². The molecule has 0 fully saturated rings. The molecule has 0 radical (unpaired) electrons. The van der Waals surface area contributed by atoms with E-state index in [0.717, 1.165) is 17.0 Å². The zero-order chi connectivity index (χ0) is 23.2. The van der Waals surface area contributed by atoms with E-state index in [2.05, 4.69) is 4.74 Å². The van der Waals surface area contributed by atoms with E-state index in [1.54, 1.807) is 12.1 Å². The van der Waals surface area contributed by atoms with Crippen LogP contribution in [0.25, 0.3) is 0 Å². The standard InChI is InChI=1S/C22H10F5NO4/c23-14-15(24)17(26)19(18(27)16(14)25)32-22(31)11-7-5-10(6-8-11)9-28-20(29)12-3-1-2-4-13(12)21(28)30/h1-8H,9H2. The van der Waals surface area contributed by atoms with Crippen molar-refractivity contribution in [2.45, 2.75) is 6.54 Å². The van der Waals surface area contributed by atoms with Gasteiger partial charge in [0.2, 0.25) is 34.8 Å². The van der Waals surface area contributed by atoms with Crippen LogP contribution in [0.1, 0.15) is 36.6 Å². The van der Waals surface area contributed by atoms with E-state index in [0.29, 0.717) is 5.56 Å². The van der Waals surface area contributed by atoms with Gasteiger partial charge in [0.05, 0.1) is 23.2 Å². The number of carbonyl (C=O) groups excluding carboxylic acids is 3. The fourth-order valence-corrected chi connectivity index (χ4v) is 3.14. The van der Waals surface area contributed by atoms with E-state index >= 15 is 0 Å². The second kappa shape index (κ2) is 7.88. The average molecular weight is 447 g/mol. The third-order valence-corrected chi connectivity index (χ3v) is 4.77. The van der Waals surface area contributed by atoms with Gasteiger partial charge in [-0.15, -0.1) is 0 Å². The molecule has 4 rings (SSSR count). The Morgan fingerprint density at radius 1 is 0.719 bits per heavy atom. The van der Waals surface area contributed by atoms with Crippen molar-refractivity contribution in [2.75, 3.05) is 0 Å². The van der Waals surface area contributed by atoms with E-state index < -0.39 is 52.6 Å². The van der Waals surface area contributed by atoms with Gasteiger partial charge >= 0.3 is 5.97 Å². The second-order valence-electron chi connectivity index (χ2n) is 6.73. The Bertz CT molecular complexity index is 1230. The molecule has 162 valence electrons. The van der Waals surface area contributed by atoms with E-state index in [1.807, 2.05) is 0 Å². The molecule has 0 saturated heterocycles. The predicted octanol–water partition coefficient (Wildman–Crippen LogP) is 4.40. The highest BCUT2D eigenvalue weighted by molar-refractivity contribution is 6.21. The Balaban J connectivity index is 1.51. The van der Waals surface area contributed by atoms with Gasteiger partial charge in [-0.05, 0) is 29.8 Å². The molecule has 0 N–H and O–H groups in total. The normalized spacial score (nSPS) is 12.8. The Hall–Kier alpha value is -4.08. The first-order chi connectivity index (χ1) is 15.2. The predicted molar refractivity (Wildman–Crippen MR) is 98.3 cm³/mol. The quantitative estimate of drug-likeness (QED) is 0.149. The molecular weight excluding hydrogens is 437 g/mol. The highest BCUT2D eigenvalue weighted by atomic mass is 19.2. The molecule has 1 aliphatic rings. The number of fused-ring (bicyclic) bond motifs is 1. The van der Waals surface area contributed by atoms with Crippen molar-refractivity contribution in [3.8, 4) is 5.75 Å². The molecular formula is C22H10F5NO4. The van der Waals surface area contributed by atoms with Gasteiger partial charge < -0.3 is 4.74 Å². The molecule has 0 bridgehead atoms. The summed E-state index contributed by atoms with van der Waals surface area (Å²) in [6, 6.07) is 11.3. The molecule has 3 aromatic rings. The fourth-order valence-electron chi connectivity index (χ4n) is 3.14. The van der Waals surface area contributed by atoms with E-state index in [-0.39, 0.29) is 23.2 Å². The molecule has 2 amide bonds. The van der Waals surface area contributed by atoms with Gasteiger partial charge in [-0.3, -0.25) is 14.5 Å². The van der Waals surface area contributed by atoms with Crippen LogP contribution < -0.4 is 4.74 Å². The average Bonchev–Trinajstić information content (AvgIpc) is 3.04. The lowest BCUT2D eigenvalue weighted by Crippen LogP contribution is -2.29. The minimum absolute atomic E-state index is 0.112. The highest BCUT2D eigenvalue weighted by Gasteiger charge is 2.35. The van der Waals surface area contributed by atoms with Gasteiger partial charge in [-0.2, -0.15) is 8.78 Å². The summed E-state index contributed by atoms with van der Waals surface area (Å²) in [6.45, 7) is -0.112. The molecule has 0 aliphatic carbocycles. The third-order valence-electron chi connectivity index (χ3n) is 4.77. The molecule has 0 atom stereocenters. The monoisotopic (exact) mass is 447 g/mol. The van der Waals surface area contributed by atoms with Gasteiger partial charge in [0.15, 0.2) is 0 Å². The largest absolute Gasteiger partial charge is 0.416 e. The first-order valence-corrected chi connectivity index (χ1v) is 8.98. The maximum Gasteiger partial charge on any atom is 0.343 e. The molecule has 10 heteroatoms. The van der Waals surface area contributed by atoms with Crippen LogP contribution in [-0.2, 0) is 6.54 Å². The molecule has 0 unspecified atom stereocenters. The number of halogens is 5. The zero-order valence-electron chi connectivity index (χ0n) is 15.8. The number of carbonyl (C=O) groups is 3. The van der Waals surface area contributed by atoms with Crippen molar-refractivity contribution in [2.24, 2.45) is 0 Å². The van der Waals surface area contributed by atoms with Gasteiger partial charge in [-0.25, -0.2) is 18.0 Å². The van der Waals surface area contributed by atoms with Crippen LogP contribution in [-0.4, -0.2) is 22.7 Å². The molecule has 5 nitrogen and oxygen atoms in total. The van der Waals surface area contributed by atoms with E-state index in [4.69, 9.17) is 0 Å². The van der Waals surface area contributed by atoms with Crippen molar-refractivity contribution in [1.29, 1.82) is 0 Å². The third kappa shape index (κ3) is 3.39. The smallest absolute Gasteiger partial charge is 0.343 e. The lowest BCUT2D eigenvalue weighted by atomic mass is 10.1. The van der Waals surface area contributed by atoms with Crippen LogP contribution >= 0.6 is 0 Å². The number of ether oxygens (including phenoxy) is 1. The molecule has 32 heavy (non-hydrogen) atoms. The van der Waals surface area contributed by atoms with Crippen LogP contribution in [0.2, 0.25) is 0 Å². The Morgan fingerprint density at radius 3 is 1.69 bits per heavy atom. The number of hydrogen-bond donors (Lipinski definition) is 0. The number of benzene rings is 3. The van der Waals surface area contributed by atoms with Crippen molar-refractivity contribution >= 4 is 17.8 Å². The minimum Gasteiger partial charge on any atom is -0.416 e. The summed E-state index contributed by atoms with van der Waals surface area (Å²) in [5.41, 5.74) is 0.702. The SMILES string of the molecule is O=C(Oc1c(F)c(F)c(F)c(F)c1F)c1ccc(CN2C(=O)c3ccccc3C2=O)cc1. The zero-order valence-corrected chi connectivity index (χ0v) is 15.8. The summed E-state index contributed by atoms with van der Waals surface area (Å²) >= 11 is 0. The maximum absolute atomic E-state index is 13.7. The molecule has 0 spiro atoms. The van der Waals surface area contributed by atoms with E-state index in [1.165, 1.54) is 24.3 Å². The Morgan fingerprint density at radius 2 is 1.19 bits per heavy atom. The van der Waals surface area contributed by atoms with Crippen LogP contribution in [0.4, 0.5) is 22.0 Å². The summed E-state index contributed by atoms with van der Waals surface area (Å²) in [7, 11) is 0. The summed E-state index contributed by atoms with van der Waals surface area (Å²) in [5.74, 6) is -15.5. The number of amides is 2.